The number of H-pyrrole nitrogens is 2. The third-order valence-corrected chi connectivity index (χ3v) is 14.7. The molecule has 68 heavy (non-hydrogen) atoms. The van der Waals surface area contributed by atoms with Gasteiger partial charge in [-0.2, -0.15) is 0 Å². The second kappa shape index (κ2) is 20.3. The molecule has 0 bridgehead atoms. The van der Waals surface area contributed by atoms with Crippen LogP contribution >= 0.6 is 0 Å². The van der Waals surface area contributed by atoms with E-state index in [-0.39, 0.29) is 30.3 Å². The topological polar surface area (TPSA) is 167 Å². The van der Waals surface area contributed by atoms with Crippen molar-refractivity contribution in [2.24, 2.45) is 11.8 Å². The van der Waals surface area contributed by atoms with Gasteiger partial charge in [0.2, 0.25) is 6.04 Å². The summed E-state index contributed by atoms with van der Waals surface area (Å²) in [5.41, 5.74) is 8.48. The number of likely N-dealkylation sites (tertiary alicyclic amines) is 1. The number of aromatic amines is 2. The van der Waals surface area contributed by atoms with Gasteiger partial charge in [-0.1, -0.05) is 38.1 Å². The number of ether oxygens (including phenoxy) is 4. The fourth-order valence-corrected chi connectivity index (χ4v) is 11.0. The zero-order valence-electron chi connectivity index (χ0n) is 39.7. The van der Waals surface area contributed by atoms with Gasteiger partial charge in [0.15, 0.2) is 18.3 Å². The Balaban J connectivity index is 0.930. The Labute approximate surface area is 398 Å². The summed E-state index contributed by atoms with van der Waals surface area (Å²) >= 11 is 0. The number of amides is 1. The lowest BCUT2D eigenvalue weighted by Crippen LogP contribution is -2.47. The molecule has 3 fully saturated rings. The van der Waals surface area contributed by atoms with Crippen molar-refractivity contribution in [1.29, 1.82) is 0 Å². The number of benzene rings is 3. The van der Waals surface area contributed by atoms with E-state index in [1.165, 1.54) is 5.56 Å². The standard InChI is InChI=1S/C53H65N9O6/c1-33(2)43(59-53(63)64)30-60-20-6-10-46(60)51-55-29-42(58-51)37-13-15-40-48-26-38-25-36(14-16-45(38)62(48)50(68-49(40)27-37)17-12-34-8-5-9-39(24-34)66-4)41-28-54-52(57-41)47-11-7-21-61(47)31-44(56-32-65-3)35-18-22-67-23-19-35/h5,8-9,13-16,24-30,33,35,43-44,46-47,50,56,59H,6-7,10-12,17-23,31-32H2,1-4H3,(H2-,54,55,57,58,63,64)/p+1. The van der Waals surface area contributed by atoms with Gasteiger partial charge < -0.3 is 43.9 Å². The number of aryl methyl sites for hydroxylation is 1. The number of fused-ring (bicyclic) bond motifs is 5. The summed E-state index contributed by atoms with van der Waals surface area (Å²) in [5, 5.41) is 17.0. The van der Waals surface area contributed by atoms with E-state index in [1.54, 1.807) is 14.2 Å². The lowest BCUT2D eigenvalue weighted by atomic mass is 9.91. The summed E-state index contributed by atoms with van der Waals surface area (Å²) in [7, 11) is 3.46. The zero-order chi connectivity index (χ0) is 46.7. The first-order valence-electron chi connectivity index (χ1n) is 24.6. The fourth-order valence-electron chi connectivity index (χ4n) is 11.0. The number of nitrogens with zero attached hydrogens (tertiary/aromatic N) is 5. The molecule has 5 N–H and O–H groups in total. The molecule has 5 atom stereocenters. The van der Waals surface area contributed by atoms with Crippen molar-refractivity contribution in [3.05, 3.63) is 96.3 Å². The summed E-state index contributed by atoms with van der Waals surface area (Å²) in [6.45, 7) is 9.10. The number of methoxy groups -OCH3 is 2. The average molecular weight is 925 g/mol. The van der Waals surface area contributed by atoms with Crippen LogP contribution in [0.1, 0.15) is 94.3 Å². The maximum atomic E-state index is 11.6. The van der Waals surface area contributed by atoms with E-state index in [9.17, 15) is 9.90 Å². The maximum absolute atomic E-state index is 11.6. The molecule has 3 aromatic heterocycles. The Bertz CT molecular complexity index is 2730. The van der Waals surface area contributed by atoms with Gasteiger partial charge in [-0.05, 0) is 98.5 Å². The Morgan fingerprint density at radius 1 is 0.956 bits per heavy atom. The molecule has 3 saturated heterocycles. The molecule has 0 radical (unpaired) electrons. The molecule has 3 aromatic carbocycles. The first-order chi connectivity index (χ1) is 33.2. The van der Waals surface area contributed by atoms with Gasteiger partial charge in [0.1, 0.15) is 29.9 Å². The van der Waals surface area contributed by atoms with Crippen LogP contribution in [-0.2, 0) is 15.9 Å². The van der Waals surface area contributed by atoms with Crippen LogP contribution in [0, 0.1) is 11.8 Å². The van der Waals surface area contributed by atoms with E-state index in [0.717, 1.165) is 152 Å². The summed E-state index contributed by atoms with van der Waals surface area (Å²) in [5.74, 6) is 4.25. The average Bonchev–Trinajstić information content (AvgIpc) is 4.22. The minimum Gasteiger partial charge on any atom is -0.497 e. The Morgan fingerprint density at radius 3 is 2.54 bits per heavy atom. The van der Waals surface area contributed by atoms with E-state index in [0.29, 0.717) is 18.7 Å². The Morgan fingerprint density at radius 2 is 1.75 bits per heavy atom. The number of rotatable bonds is 17. The van der Waals surface area contributed by atoms with Crippen LogP contribution in [-0.4, -0.2) is 117 Å². The van der Waals surface area contributed by atoms with Crippen LogP contribution in [0.3, 0.4) is 0 Å². The van der Waals surface area contributed by atoms with Crippen molar-refractivity contribution in [3.8, 4) is 45.3 Å². The normalized spacial score (nSPS) is 21.2. The molecule has 5 unspecified atom stereocenters. The lowest BCUT2D eigenvalue weighted by Gasteiger charge is -2.35. The van der Waals surface area contributed by atoms with Crippen LogP contribution in [0.25, 0.3) is 44.7 Å². The summed E-state index contributed by atoms with van der Waals surface area (Å²) in [6, 6.07) is 24.1. The third-order valence-electron chi connectivity index (χ3n) is 14.7. The molecule has 15 nitrogen and oxygen atoms in total. The maximum Gasteiger partial charge on any atom is 0.405 e. The molecule has 7 heterocycles. The predicted octanol–water partition coefficient (Wildman–Crippen LogP) is 8.96. The summed E-state index contributed by atoms with van der Waals surface area (Å²) < 4.78 is 28.4. The van der Waals surface area contributed by atoms with Gasteiger partial charge >= 0.3 is 6.09 Å². The molecule has 0 spiro atoms. The fraction of sp³-hybridized carbons (Fsp3) is 0.472. The van der Waals surface area contributed by atoms with Gasteiger partial charge in [-0.25, -0.2) is 19.3 Å². The molecule has 4 aliphatic rings. The number of hydrogen-bond donors (Lipinski definition) is 5. The van der Waals surface area contributed by atoms with Crippen molar-refractivity contribution < 1.29 is 33.4 Å². The first kappa shape index (κ1) is 45.8. The molecule has 0 saturated carbocycles. The molecule has 0 aliphatic carbocycles. The number of carboxylic acid groups (broad SMARTS) is 1. The number of nitrogens with one attached hydrogen (secondary N) is 4. The SMILES string of the molecule is COCNC(CN1CCCC1c1ncc(-c2ccc3c(c2)cc2n3C(CCc3cccc(OC)c3)Oc3cc(-c4cnc(C5CCC[N+]5=CC(NC(=O)O)C(C)C)[nH]4)ccc3-2)[nH]1)C1CCOCC1. The molecule has 4 aliphatic heterocycles. The lowest BCUT2D eigenvalue weighted by molar-refractivity contribution is -0.548. The van der Waals surface area contributed by atoms with Crippen molar-refractivity contribution >= 4 is 23.2 Å². The van der Waals surface area contributed by atoms with E-state index in [1.807, 2.05) is 44.6 Å². The highest BCUT2D eigenvalue weighted by atomic mass is 16.5. The minimum atomic E-state index is -1.02. The molecular weight excluding hydrogens is 859 g/mol. The monoisotopic (exact) mass is 925 g/mol. The van der Waals surface area contributed by atoms with Crippen LogP contribution in [0.15, 0.2) is 79.1 Å². The molecule has 10 rings (SSSR count). The Hall–Kier alpha value is -6.00. The zero-order valence-corrected chi connectivity index (χ0v) is 39.7. The molecule has 1 amide bonds. The second-order valence-electron chi connectivity index (χ2n) is 19.3. The number of hydrogen-bond acceptors (Lipinski definition) is 9. The van der Waals surface area contributed by atoms with E-state index < -0.39 is 6.09 Å². The van der Waals surface area contributed by atoms with E-state index in [2.05, 4.69) is 89.2 Å². The summed E-state index contributed by atoms with van der Waals surface area (Å²) in [6.07, 6.45) is 12.5. The highest BCUT2D eigenvalue weighted by Crippen LogP contribution is 2.46. The highest BCUT2D eigenvalue weighted by Gasteiger charge is 2.36. The quantitative estimate of drug-likeness (QED) is 0.0440. The van der Waals surface area contributed by atoms with Crippen molar-refractivity contribution in [2.75, 3.05) is 53.8 Å². The van der Waals surface area contributed by atoms with Crippen LogP contribution in [0.5, 0.6) is 11.5 Å². The third kappa shape index (κ3) is 9.67. The van der Waals surface area contributed by atoms with E-state index in [4.69, 9.17) is 28.9 Å². The highest BCUT2D eigenvalue weighted by molar-refractivity contribution is 5.92. The van der Waals surface area contributed by atoms with E-state index >= 15 is 0 Å². The van der Waals surface area contributed by atoms with Gasteiger partial charge in [0.05, 0.1) is 54.9 Å². The molecular formula is C53H66N9O6+. The summed E-state index contributed by atoms with van der Waals surface area (Å²) in [4.78, 5) is 31.4. The number of aromatic nitrogens is 5. The van der Waals surface area contributed by atoms with Crippen LogP contribution in [0.2, 0.25) is 0 Å². The van der Waals surface area contributed by atoms with Crippen molar-refractivity contribution in [3.63, 3.8) is 0 Å². The van der Waals surface area contributed by atoms with Gasteiger partial charge in [0, 0.05) is 74.2 Å². The number of carbonyl (C=O) groups is 1. The predicted molar refractivity (Wildman–Crippen MR) is 262 cm³/mol. The first-order valence-corrected chi connectivity index (χ1v) is 24.6. The Kier molecular flexibility index (Phi) is 13.7. The minimum absolute atomic E-state index is 0.0329. The van der Waals surface area contributed by atoms with Gasteiger partial charge in [0.25, 0.3) is 0 Å². The van der Waals surface area contributed by atoms with Crippen LogP contribution < -0.4 is 20.1 Å². The largest absolute Gasteiger partial charge is 0.497 e. The molecule has 15 heteroatoms. The smallest absolute Gasteiger partial charge is 0.405 e. The molecule has 358 valence electrons. The van der Waals surface area contributed by atoms with Gasteiger partial charge in [-0.3, -0.25) is 10.2 Å². The number of imidazole rings is 2. The van der Waals surface area contributed by atoms with Crippen LogP contribution in [0.4, 0.5) is 4.79 Å². The van der Waals surface area contributed by atoms with Crippen molar-refractivity contribution in [1.82, 2.24) is 40.0 Å². The van der Waals surface area contributed by atoms with Gasteiger partial charge in [-0.15, -0.1) is 0 Å². The second-order valence-corrected chi connectivity index (χ2v) is 19.3. The van der Waals surface area contributed by atoms with Crippen molar-refractivity contribution in [2.45, 2.75) is 95.6 Å². The molecule has 6 aromatic rings.